The van der Waals surface area contributed by atoms with Crippen molar-refractivity contribution in [3.05, 3.63) is 35.4 Å². The number of nitrogens with two attached hydrogens (primary N) is 1. The van der Waals surface area contributed by atoms with E-state index in [1.807, 2.05) is 0 Å². The molecule has 0 aromatic heterocycles. The molecule has 1 rings (SSSR count). The maximum atomic E-state index is 5.07. The van der Waals surface area contributed by atoms with E-state index in [4.69, 9.17) is 5.90 Å². The summed E-state index contributed by atoms with van der Waals surface area (Å²) in [6.07, 6.45) is 0. The lowest BCUT2D eigenvalue weighted by Crippen LogP contribution is -2.12. The van der Waals surface area contributed by atoms with Crippen molar-refractivity contribution in [2.75, 3.05) is 6.61 Å². The van der Waals surface area contributed by atoms with Crippen LogP contribution in [-0.4, -0.2) is 6.61 Å². The first kappa shape index (κ1) is 12.2. The maximum absolute atomic E-state index is 5.07. The van der Waals surface area contributed by atoms with E-state index in [1.165, 1.54) is 11.1 Å². The monoisotopic (exact) mass is 207 g/mol. The van der Waals surface area contributed by atoms with Gasteiger partial charge < -0.3 is 4.84 Å². The first-order valence-corrected chi connectivity index (χ1v) is 5.37. The van der Waals surface area contributed by atoms with E-state index >= 15 is 0 Å². The van der Waals surface area contributed by atoms with E-state index in [0.29, 0.717) is 12.5 Å². The van der Waals surface area contributed by atoms with Crippen LogP contribution in [0.15, 0.2) is 24.3 Å². The molecule has 0 saturated heterocycles. The molecule has 0 heterocycles. The van der Waals surface area contributed by atoms with Crippen molar-refractivity contribution >= 4 is 0 Å². The zero-order chi connectivity index (χ0) is 11.5. The molecular weight excluding hydrogens is 186 g/mol. The second kappa shape index (κ2) is 4.77. The zero-order valence-electron chi connectivity index (χ0n) is 10.1. The van der Waals surface area contributed by atoms with Gasteiger partial charge in [-0.05, 0) is 16.5 Å². The highest BCUT2D eigenvalue weighted by molar-refractivity contribution is 5.29. The molecule has 2 N–H and O–H groups in total. The molecule has 0 aliphatic heterocycles. The van der Waals surface area contributed by atoms with Gasteiger partial charge >= 0.3 is 0 Å². The molecule has 0 aliphatic carbocycles. The van der Waals surface area contributed by atoms with Gasteiger partial charge in [-0.3, -0.25) is 0 Å². The van der Waals surface area contributed by atoms with Crippen LogP contribution in [0.5, 0.6) is 0 Å². The topological polar surface area (TPSA) is 35.2 Å². The summed E-state index contributed by atoms with van der Waals surface area (Å²) < 4.78 is 0. The fourth-order valence-corrected chi connectivity index (χ4v) is 1.55. The maximum Gasteiger partial charge on any atom is 0.0745 e. The lowest BCUT2D eigenvalue weighted by atomic mass is 9.86. The van der Waals surface area contributed by atoms with Crippen molar-refractivity contribution in [1.29, 1.82) is 0 Å². The first-order valence-electron chi connectivity index (χ1n) is 5.37. The fraction of sp³-hybridized carbons (Fsp3) is 0.538. The second-order valence-electron chi connectivity index (χ2n) is 5.11. The minimum atomic E-state index is 0.214. The highest BCUT2D eigenvalue weighted by atomic mass is 16.6. The number of benzene rings is 1. The molecule has 0 bridgehead atoms. The van der Waals surface area contributed by atoms with E-state index in [0.717, 1.165) is 0 Å². The summed E-state index contributed by atoms with van der Waals surface area (Å²) in [5.41, 5.74) is 2.84. The van der Waals surface area contributed by atoms with Crippen molar-refractivity contribution < 1.29 is 4.84 Å². The number of rotatable bonds is 3. The summed E-state index contributed by atoms with van der Waals surface area (Å²) in [5, 5.41) is 0. The van der Waals surface area contributed by atoms with Crippen LogP contribution in [0, 0.1) is 0 Å². The minimum Gasteiger partial charge on any atom is -0.304 e. The Kier molecular flexibility index (Phi) is 3.89. The van der Waals surface area contributed by atoms with Gasteiger partial charge in [0, 0.05) is 5.92 Å². The van der Waals surface area contributed by atoms with E-state index in [1.54, 1.807) is 0 Å². The van der Waals surface area contributed by atoms with Crippen molar-refractivity contribution in [2.24, 2.45) is 5.90 Å². The first-order chi connectivity index (χ1) is 6.95. The molecule has 0 fully saturated rings. The number of hydrogen-bond donors (Lipinski definition) is 1. The highest BCUT2D eigenvalue weighted by Crippen LogP contribution is 2.24. The van der Waals surface area contributed by atoms with Gasteiger partial charge in [-0.15, -0.1) is 0 Å². The van der Waals surface area contributed by atoms with Crippen LogP contribution in [-0.2, 0) is 10.3 Å². The van der Waals surface area contributed by atoms with Gasteiger partial charge in [-0.25, -0.2) is 5.90 Å². The molecule has 1 aromatic rings. The minimum absolute atomic E-state index is 0.214. The van der Waals surface area contributed by atoms with Crippen LogP contribution in [0.3, 0.4) is 0 Å². The molecule has 15 heavy (non-hydrogen) atoms. The average Bonchev–Trinajstić information content (AvgIpc) is 2.17. The smallest absolute Gasteiger partial charge is 0.0745 e. The van der Waals surface area contributed by atoms with E-state index in [9.17, 15) is 0 Å². The predicted octanol–water partition coefficient (Wildman–Crippen LogP) is 2.98. The van der Waals surface area contributed by atoms with Gasteiger partial charge in [-0.2, -0.15) is 0 Å². The van der Waals surface area contributed by atoms with Gasteiger partial charge in [0.05, 0.1) is 6.61 Å². The van der Waals surface area contributed by atoms with Crippen molar-refractivity contribution in [1.82, 2.24) is 0 Å². The second-order valence-corrected chi connectivity index (χ2v) is 5.11. The third-order valence-electron chi connectivity index (χ3n) is 2.69. The molecule has 1 aromatic carbocycles. The number of hydrogen-bond acceptors (Lipinski definition) is 2. The van der Waals surface area contributed by atoms with E-state index < -0.39 is 0 Å². The summed E-state index contributed by atoms with van der Waals surface area (Å²) in [4.78, 5) is 4.66. The Morgan fingerprint density at radius 2 is 1.73 bits per heavy atom. The predicted molar refractivity (Wildman–Crippen MR) is 63.7 cm³/mol. The summed E-state index contributed by atoms with van der Waals surface area (Å²) >= 11 is 0. The van der Waals surface area contributed by atoms with Crippen molar-refractivity contribution in [3.63, 3.8) is 0 Å². The molecule has 1 unspecified atom stereocenters. The van der Waals surface area contributed by atoms with Crippen LogP contribution < -0.4 is 5.90 Å². The van der Waals surface area contributed by atoms with Gasteiger partial charge in [0.15, 0.2) is 0 Å². The Bertz CT molecular complexity index is 297. The van der Waals surface area contributed by atoms with Crippen LogP contribution in [0.25, 0.3) is 0 Å². The molecule has 0 amide bonds. The SMILES string of the molecule is CC(CON)c1ccc(C(C)(C)C)cc1. The van der Waals surface area contributed by atoms with Crippen LogP contribution in [0.1, 0.15) is 44.7 Å². The zero-order valence-corrected chi connectivity index (χ0v) is 10.1. The third-order valence-corrected chi connectivity index (χ3v) is 2.69. The normalized spacial score (nSPS) is 13.9. The molecule has 1 atom stereocenters. The lowest BCUT2D eigenvalue weighted by Gasteiger charge is -2.20. The molecule has 0 aliphatic rings. The van der Waals surface area contributed by atoms with Crippen LogP contribution in [0.2, 0.25) is 0 Å². The molecule has 84 valence electrons. The molecular formula is C13H21NO. The van der Waals surface area contributed by atoms with Gasteiger partial charge in [0.25, 0.3) is 0 Å². The molecule has 0 saturated carbocycles. The quantitative estimate of drug-likeness (QED) is 0.773. The molecule has 2 nitrogen and oxygen atoms in total. The van der Waals surface area contributed by atoms with Gasteiger partial charge in [0.2, 0.25) is 0 Å². The van der Waals surface area contributed by atoms with Crippen molar-refractivity contribution in [3.8, 4) is 0 Å². The summed E-state index contributed by atoms with van der Waals surface area (Å²) in [6.45, 7) is 9.32. The van der Waals surface area contributed by atoms with Gasteiger partial charge in [0.1, 0.15) is 0 Å². The Morgan fingerprint density at radius 1 is 1.20 bits per heavy atom. The Balaban J connectivity index is 2.81. The van der Waals surface area contributed by atoms with Gasteiger partial charge in [-0.1, -0.05) is 52.0 Å². The third kappa shape index (κ3) is 3.33. The van der Waals surface area contributed by atoms with Crippen LogP contribution >= 0.6 is 0 Å². The molecule has 0 radical (unpaired) electrons. The summed E-state index contributed by atoms with van der Waals surface area (Å²) in [5.74, 6) is 5.42. The largest absolute Gasteiger partial charge is 0.304 e. The molecule has 0 spiro atoms. The van der Waals surface area contributed by atoms with E-state index in [2.05, 4.69) is 56.8 Å². The van der Waals surface area contributed by atoms with E-state index in [-0.39, 0.29) is 5.41 Å². The van der Waals surface area contributed by atoms with Crippen LogP contribution in [0.4, 0.5) is 0 Å². The Labute approximate surface area is 92.4 Å². The Morgan fingerprint density at radius 3 is 2.13 bits per heavy atom. The highest BCUT2D eigenvalue weighted by Gasteiger charge is 2.13. The fourth-order valence-electron chi connectivity index (χ4n) is 1.55. The standard InChI is InChI=1S/C13H21NO/c1-10(9-15-14)11-5-7-12(8-6-11)13(2,3)4/h5-8,10H,9,14H2,1-4H3. The lowest BCUT2D eigenvalue weighted by molar-refractivity contribution is 0.126. The summed E-state index contributed by atoms with van der Waals surface area (Å²) in [7, 11) is 0. The molecule has 2 heteroatoms. The Hall–Kier alpha value is -0.860. The van der Waals surface area contributed by atoms with Crippen molar-refractivity contribution in [2.45, 2.75) is 39.0 Å². The summed E-state index contributed by atoms with van der Waals surface area (Å²) in [6, 6.07) is 8.68. The average molecular weight is 207 g/mol.